The van der Waals surface area contributed by atoms with Crippen molar-refractivity contribution in [3.05, 3.63) is 47.3 Å². The van der Waals surface area contributed by atoms with Gasteiger partial charge < -0.3 is 10.3 Å². The molecule has 0 radical (unpaired) electrons. The quantitative estimate of drug-likeness (QED) is 0.891. The molecule has 0 atom stereocenters. The highest BCUT2D eigenvalue weighted by molar-refractivity contribution is 5.27. The van der Waals surface area contributed by atoms with Gasteiger partial charge in [0.1, 0.15) is 18.0 Å². The monoisotopic (exact) mass is 261 g/mol. The van der Waals surface area contributed by atoms with E-state index in [1.54, 1.807) is 6.33 Å². The minimum Gasteiger partial charge on any atom is -0.326 e. The summed E-state index contributed by atoms with van der Waals surface area (Å²) in [7, 11) is 0. The van der Waals surface area contributed by atoms with Crippen molar-refractivity contribution in [2.75, 3.05) is 6.54 Å². The summed E-state index contributed by atoms with van der Waals surface area (Å²) in [6.07, 6.45) is 1.76. The summed E-state index contributed by atoms with van der Waals surface area (Å²) in [5.74, 6) is 0.741. The molecule has 0 aliphatic carbocycles. The molecule has 0 saturated heterocycles. The number of nitrogens with zero attached hydrogens (tertiary/aromatic N) is 4. The van der Waals surface area contributed by atoms with Gasteiger partial charge in [0.15, 0.2) is 0 Å². The van der Waals surface area contributed by atoms with Crippen LogP contribution in [0.25, 0.3) is 0 Å². The van der Waals surface area contributed by atoms with Gasteiger partial charge in [0.2, 0.25) is 0 Å². The van der Waals surface area contributed by atoms with Gasteiger partial charge in [0.05, 0.1) is 6.54 Å². The van der Waals surface area contributed by atoms with Gasteiger partial charge in [-0.2, -0.15) is 0 Å². The third-order valence-corrected chi connectivity index (χ3v) is 3.50. The number of rotatable bonds is 3. The van der Waals surface area contributed by atoms with E-state index in [4.69, 9.17) is 5.73 Å². The molecule has 2 aromatic rings. The van der Waals surface area contributed by atoms with Gasteiger partial charge in [-0.25, -0.2) is 4.39 Å². The van der Waals surface area contributed by atoms with Crippen LogP contribution >= 0.6 is 0 Å². The molecule has 0 spiro atoms. The van der Waals surface area contributed by atoms with Gasteiger partial charge in [-0.1, -0.05) is 6.07 Å². The Morgan fingerprint density at radius 2 is 2.16 bits per heavy atom. The lowest BCUT2D eigenvalue weighted by molar-refractivity contribution is 0.208. The summed E-state index contributed by atoms with van der Waals surface area (Å²) in [6.45, 7) is 3.71. The molecule has 19 heavy (non-hydrogen) atoms. The molecule has 0 fully saturated rings. The molecule has 2 N–H and O–H groups in total. The minimum atomic E-state index is -0.234. The molecular weight excluding hydrogens is 245 g/mol. The standard InChI is InChI=1S/C13H16FN5/c14-12-2-1-10(11(5-12)6-15)7-18-3-4-19-9-16-17-13(19)8-18/h1-2,5,9H,3-4,6-8,15H2. The van der Waals surface area contributed by atoms with Crippen molar-refractivity contribution in [2.24, 2.45) is 5.73 Å². The Bertz CT molecular complexity index is 580. The molecule has 1 aromatic heterocycles. The van der Waals surface area contributed by atoms with Crippen LogP contribution < -0.4 is 5.73 Å². The summed E-state index contributed by atoms with van der Waals surface area (Å²) < 4.78 is 15.2. The molecule has 0 bridgehead atoms. The maximum atomic E-state index is 13.2. The predicted octanol–water partition coefficient (Wildman–Crippen LogP) is 0.892. The zero-order valence-corrected chi connectivity index (χ0v) is 10.6. The molecule has 1 aliphatic rings. The van der Waals surface area contributed by atoms with Gasteiger partial charge in [-0.15, -0.1) is 10.2 Å². The molecule has 0 amide bonds. The first-order chi connectivity index (χ1) is 9.26. The number of fused-ring (bicyclic) bond motifs is 1. The van der Waals surface area contributed by atoms with Gasteiger partial charge >= 0.3 is 0 Å². The Morgan fingerprint density at radius 1 is 1.26 bits per heavy atom. The van der Waals surface area contributed by atoms with Gasteiger partial charge in [-0.3, -0.25) is 4.90 Å². The van der Waals surface area contributed by atoms with E-state index in [2.05, 4.69) is 19.7 Å². The van der Waals surface area contributed by atoms with Crippen LogP contribution in [0.2, 0.25) is 0 Å². The van der Waals surface area contributed by atoms with Crippen LogP contribution in [0, 0.1) is 5.82 Å². The number of benzene rings is 1. The SMILES string of the molecule is NCc1cc(F)ccc1CN1CCn2cnnc2C1. The summed E-state index contributed by atoms with van der Waals surface area (Å²) >= 11 is 0. The van der Waals surface area contributed by atoms with Crippen LogP contribution in [0.15, 0.2) is 24.5 Å². The Labute approximate surface area is 110 Å². The molecule has 0 saturated carbocycles. The Balaban J connectivity index is 1.76. The largest absolute Gasteiger partial charge is 0.326 e. The van der Waals surface area contributed by atoms with Crippen molar-refractivity contribution in [2.45, 2.75) is 26.2 Å². The first-order valence-electron chi connectivity index (χ1n) is 6.32. The minimum absolute atomic E-state index is 0.234. The summed E-state index contributed by atoms with van der Waals surface area (Å²) in [6, 6.07) is 4.82. The molecule has 100 valence electrons. The third kappa shape index (κ3) is 2.50. The molecule has 5 nitrogen and oxygen atoms in total. The number of hydrogen-bond acceptors (Lipinski definition) is 4. The lowest BCUT2D eigenvalue weighted by Gasteiger charge is -2.27. The van der Waals surface area contributed by atoms with Crippen molar-refractivity contribution < 1.29 is 4.39 Å². The van der Waals surface area contributed by atoms with E-state index < -0.39 is 0 Å². The number of nitrogens with two attached hydrogens (primary N) is 1. The summed E-state index contributed by atoms with van der Waals surface area (Å²) in [5.41, 5.74) is 7.62. The zero-order valence-electron chi connectivity index (χ0n) is 10.6. The summed E-state index contributed by atoms with van der Waals surface area (Å²) in [5, 5.41) is 8.00. The van der Waals surface area contributed by atoms with Crippen molar-refractivity contribution in [1.82, 2.24) is 19.7 Å². The molecule has 6 heteroatoms. The molecule has 1 aromatic carbocycles. The van der Waals surface area contributed by atoms with Crippen LogP contribution in [0.3, 0.4) is 0 Å². The van der Waals surface area contributed by atoms with Crippen LogP contribution in [0.1, 0.15) is 17.0 Å². The number of halogens is 1. The van der Waals surface area contributed by atoms with Crippen LogP contribution in [0.4, 0.5) is 4.39 Å². The van der Waals surface area contributed by atoms with E-state index >= 15 is 0 Å². The van der Waals surface area contributed by atoms with E-state index in [0.717, 1.165) is 43.1 Å². The van der Waals surface area contributed by atoms with E-state index in [-0.39, 0.29) is 5.82 Å². The van der Waals surface area contributed by atoms with E-state index in [1.165, 1.54) is 12.1 Å². The topological polar surface area (TPSA) is 60.0 Å². The number of aromatic nitrogens is 3. The molecule has 1 aliphatic heterocycles. The molecule has 0 unspecified atom stereocenters. The highest BCUT2D eigenvalue weighted by atomic mass is 19.1. The van der Waals surface area contributed by atoms with E-state index in [1.807, 2.05) is 6.07 Å². The predicted molar refractivity (Wildman–Crippen MR) is 68.4 cm³/mol. The van der Waals surface area contributed by atoms with Gasteiger partial charge in [0, 0.05) is 26.2 Å². The van der Waals surface area contributed by atoms with Crippen molar-refractivity contribution in [3.63, 3.8) is 0 Å². The lowest BCUT2D eigenvalue weighted by atomic mass is 10.1. The Morgan fingerprint density at radius 3 is 3.00 bits per heavy atom. The molecular formula is C13H16FN5. The number of hydrogen-bond donors (Lipinski definition) is 1. The smallest absolute Gasteiger partial charge is 0.147 e. The second-order valence-corrected chi connectivity index (χ2v) is 4.77. The average Bonchev–Trinajstić information content (AvgIpc) is 2.88. The maximum absolute atomic E-state index is 13.2. The first kappa shape index (κ1) is 12.3. The van der Waals surface area contributed by atoms with Gasteiger partial charge in [0.25, 0.3) is 0 Å². The fraction of sp³-hybridized carbons (Fsp3) is 0.385. The second-order valence-electron chi connectivity index (χ2n) is 4.77. The van der Waals surface area contributed by atoms with Crippen LogP contribution in [0.5, 0.6) is 0 Å². The average molecular weight is 261 g/mol. The fourth-order valence-corrected chi connectivity index (χ4v) is 2.43. The summed E-state index contributed by atoms with van der Waals surface area (Å²) in [4.78, 5) is 2.27. The Kier molecular flexibility index (Phi) is 3.27. The maximum Gasteiger partial charge on any atom is 0.147 e. The third-order valence-electron chi connectivity index (χ3n) is 3.50. The highest BCUT2D eigenvalue weighted by Gasteiger charge is 2.18. The lowest BCUT2D eigenvalue weighted by Crippen LogP contribution is -2.33. The Hall–Kier alpha value is -1.79. The van der Waals surface area contributed by atoms with E-state index in [9.17, 15) is 4.39 Å². The highest BCUT2D eigenvalue weighted by Crippen LogP contribution is 2.17. The fourth-order valence-electron chi connectivity index (χ4n) is 2.43. The van der Waals surface area contributed by atoms with Crippen molar-refractivity contribution >= 4 is 0 Å². The molecule has 2 heterocycles. The van der Waals surface area contributed by atoms with Crippen molar-refractivity contribution in [3.8, 4) is 0 Å². The van der Waals surface area contributed by atoms with Crippen LogP contribution in [-0.2, 0) is 26.2 Å². The van der Waals surface area contributed by atoms with Crippen LogP contribution in [-0.4, -0.2) is 26.2 Å². The first-order valence-corrected chi connectivity index (χ1v) is 6.32. The second kappa shape index (κ2) is 5.07. The zero-order chi connectivity index (χ0) is 13.2. The van der Waals surface area contributed by atoms with Gasteiger partial charge in [-0.05, 0) is 23.3 Å². The normalized spacial score (nSPS) is 15.5. The van der Waals surface area contributed by atoms with E-state index in [0.29, 0.717) is 6.54 Å². The molecule has 3 rings (SSSR count). The van der Waals surface area contributed by atoms with Crippen molar-refractivity contribution in [1.29, 1.82) is 0 Å².